The Labute approximate surface area is 168 Å². The molecule has 3 aromatic carbocycles. The molecule has 0 aliphatic rings. The van der Waals surface area contributed by atoms with Crippen LogP contribution in [0.4, 0.5) is 5.69 Å². The molecule has 26 heavy (non-hydrogen) atoms. The summed E-state index contributed by atoms with van der Waals surface area (Å²) in [6, 6.07) is 20.3. The fourth-order valence-corrected chi connectivity index (χ4v) is 3.23. The van der Waals surface area contributed by atoms with Gasteiger partial charge in [-0.1, -0.05) is 63.4 Å². The zero-order valence-electron chi connectivity index (χ0n) is 14.9. The summed E-state index contributed by atoms with van der Waals surface area (Å²) in [6.07, 6.45) is 0. The number of benzene rings is 3. The molecule has 0 radical (unpaired) electrons. The molecule has 0 amide bonds. The van der Waals surface area contributed by atoms with Crippen LogP contribution in [0.5, 0.6) is 5.75 Å². The fourth-order valence-electron chi connectivity index (χ4n) is 2.65. The van der Waals surface area contributed by atoms with Gasteiger partial charge < -0.3 is 10.1 Å². The normalized spacial score (nSPS) is 10.6. The Bertz CT molecular complexity index is 893. The molecule has 0 heterocycles. The number of aryl methyl sites for hydroxylation is 2. The van der Waals surface area contributed by atoms with E-state index in [1.807, 2.05) is 30.3 Å². The van der Waals surface area contributed by atoms with Crippen LogP contribution in [0.25, 0.3) is 0 Å². The van der Waals surface area contributed by atoms with Gasteiger partial charge in [0.2, 0.25) is 0 Å². The number of rotatable bonds is 6. The predicted octanol–water partition coefficient (Wildman–Crippen LogP) is 6.91. The first-order valence-corrected chi connectivity index (χ1v) is 9.65. The van der Waals surface area contributed by atoms with Crippen LogP contribution in [0.3, 0.4) is 0 Å². The number of halogens is 2. The van der Waals surface area contributed by atoms with Gasteiger partial charge in [0.1, 0.15) is 12.4 Å². The lowest BCUT2D eigenvalue weighted by Crippen LogP contribution is -2.05. The van der Waals surface area contributed by atoms with Gasteiger partial charge in [-0.3, -0.25) is 0 Å². The molecule has 2 nitrogen and oxygen atoms in total. The zero-order chi connectivity index (χ0) is 18.5. The summed E-state index contributed by atoms with van der Waals surface area (Å²) < 4.78 is 7.10. The minimum atomic E-state index is 0.547. The fraction of sp³-hybridized carbons (Fsp3) is 0.182. The standard InChI is InChI=1S/C22H21BrClNO/c1-15-3-6-17(7-4-15)14-26-22-10-8-19(23)11-18(22)13-25-21-12-20(24)9-5-16(21)2/h3-12,25H,13-14H2,1-2H3. The number of hydrogen-bond donors (Lipinski definition) is 1. The van der Waals surface area contributed by atoms with Crippen molar-refractivity contribution in [3.63, 3.8) is 0 Å². The molecule has 0 fully saturated rings. The second kappa shape index (κ2) is 8.61. The second-order valence-electron chi connectivity index (χ2n) is 6.34. The van der Waals surface area contributed by atoms with Gasteiger partial charge in [0.05, 0.1) is 0 Å². The minimum absolute atomic E-state index is 0.547. The summed E-state index contributed by atoms with van der Waals surface area (Å²) in [6.45, 7) is 5.35. The maximum absolute atomic E-state index is 6.11. The summed E-state index contributed by atoms with van der Waals surface area (Å²) in [5, 5.41) is 4.18. The first-order valence-electron chi connectivity index (χ1n) is 8.48. The van der Waals surface area contributed by atoms with Gasteiger partial charge in [0.15, 0.2) is 0 Å². The minimum Gasteiger partial charge on any atom is -0.489 e. The average molecular weight is 431 g/mol. The van der Waals surface area contributed by atoms with Crippen LogP contribution in [0.2, 0.25) is 5.02 Å². The van der Waals surface area contributed by atoms with Gasteiger partial charge in [-0.15, -0.1) is 0 Å². The highest BCUT2D eigenvalue weighted by atomic mass is 79.9. The lowest BCUT2D eigenvalue weighted by Gasteiger charge is -2.15. The van der Waals surface area contributed by atoms with Gasteiger partial charge in [0.25, 0.3) is 0 Å². The highest BCUT2D eigenvalue weighted by Gasteiger charge is 2.07. The van der Waals surface area contributed by atoms with E-state index in [9.17, 15) is 0 Å². The molecular formula is C22H21BrClNO. The van der Waals surface area contributed by atoms with Crippen molar-refractivity contribution in [2.75, 3.05) is 5.32 Å². The van der Waals surface area contributed by atoms with E-state index >= 15 is 0 Å². The van der Waals surface area contributed by atoms with Crippen molar-refractivity contribution in [2.24, 2.45) is 0 Å². The van der Waals surface area contributed by atoms with Crippen LogP contribution in [0, 0.1) is 13.8 Å². The van der Waals surface area contributed by atoms with Crippen LogP contribution in [0.15, 0.2) is 65.1 Å². The van der Waals surface area contributed by atoms with Crippen molar-refractivity contribution in [1.82, 2.24) is 0 Å². The zero-order valence-corrected chi connectivity index (χ0v) is 17.2. The molecular weight excluding hydrogens is 410 g/mol. The van der Waals surface area contributed by atoms with E-state index in [-0.39, 0.29) is 0 Å². The number of nitrogens with one attached hydrogen (secondary N) is 1. The summed E-state index contributed by atoms with van der Waals surface area (Å²) in [4.78, 5) is 0. The Morgan fingerprint density at radius 2 is 1.73 bits per heavy atom. The maximum atomic E-state index is 6.11. The van der Waals surface area contributed by atoms with E-state index in [0.717, 1.165) is 37.6 Å². The topological polar surface area (TPSA) is 21.3 Å². The third-order valence-electron chi connectivity index (χ3n) is 4.21. The van der Waals surface area contributed by atoms with E-state index in [2.05, 4.69) is 65.4 Å². The number of hydrogen-bond acceptors (Lipinski definition) is 2. The van der Waals surface area contributed by atoms with Gasteiger partial charge in [-0.05, 0) is 55.3 Å². The molecule has 0 aliphatic carbocycles. The molecule has 3 aromatic rings. The highest BCUT2D eigenvalue weighted by Crippen LogP contribution is 2.27. The molecule has 0 unspecified atom stereocenters. The van der Waals surface area contributed by atoms with Crippen molar-refractivity contribution in [1.29, 1.82) is 0 Å². The van der Waals surface area contributed by atoms with Gasteiger partial charge in [-0.25, -0.2) is 0 Å². The highest BCUT2D eigenvalue weighted by molar-refractivity contribution is 9.10. The lowest BCUT2D eigenvalue weighted by atomic mass is 10.1. The largest absolute Gasteiger partial charge is 0.489 e. The molecule has 0 aromatic heterocycles. The van der Waals surface area contributed by atoms with Crippen molar-refractivity contribution >= 4 is 33.2 Å². The van der Waals surface area contributed by atoms with E-state index in [1.54, 1.807) is 0 Å². The monoisotopic (exact) mass is 429 g/mol. The molecule has 0 bridgehead atoms. The quantitative estimate of drug-likeness (QED) is 0.458. The summed E-state index contributed by atoms with van der Waals surface area (Å²) in [5.41, 5.74) is 5.68. The summed E-state index contributed by atoms with van der Waals surface area (Å²) >= 11 is 9.66. The number of anilines is 1. The molecule has 3 rings (SSSR count). The maximum Gasteiger partial charge on any atom is 0.124 e. The second-order valence-corrected chi connectivity index (χ2v) is 7.69. The van der Waals surface area contributed by atoms with Crippen molar-refractivity contribution in [3.8, 4) is 5.75 Å². The molecule has 0 spiro atoms. The average Bonchev–Trinajstić information content (AvgIpc) is 2.63. The van der Waals surface area contributed by atoms with Gasteiger partial charge in [-0.2, -0.15) is 0 Å². The molecule has 0 atom stereocenters. The smallest absolute Gasteiger partial charge is 0.124 e. The Hall–Kier alpha value is -1.97. The van der Waals surface area contributed by atoms with Gasteiger partial charge >= 0.3 is 0 Å². The van der Waals surface area contributed by atoms with Gasteiger partial charge in [0, 0.05) is 27.3 Å². The third kappa shape index (κ3) is 5.03. The number of ether oxygens (including phenoxy) is 1. The first-order chi connectivity index (χ1) is 12.5. The van der Waals surface area contributed by atoms with E-state index < -0.39 is 0 Å². The van der Waals surface area contributed by atoms with Crippen LogP contribution in [0.1, 0.15) is 22.3 Å². The summed E-state index contributed by atoms with van der Waals surface area (Å²) in [5.74, 6) is 0.876. The molecule has 0 saturated carbocycles. The van der Waals surface area contributed by atoms with Crippen LogP contribution < -0.4 is 10.1 Å². The third-order valence-corrected chi connectivity index (χ3v) is 4.93. The lowest BCUT2D eigenvalue weighted by molar-refractivity contribution is 0.303. The molecule has 4 heteroatoms. The van der Waals surface area contributed by atoms with E-state index in [1.165, 1.54) is 5.56 Å². The van der Waals surface area contributed by atoms with Crippen molar-refractivity contribution in [2.45, 2.75) is 27.0 Å². The Balaban J connectivity index is 1.73. The SMILES string of the molecule is Cc1ccc(COc2ccc(Br)cc2CNc2cc(Cl)ccc2C)cc1. The molecule has 0 saturated heterocycles. The predicted molar refractivity (Wildman–Crippen MR) is 113 cm³/mol. The molecule has 134 valence electrons. The van der Waals surface area contributed by atoms with Crippen LogP contribution in [-0.2, 0) is 13.2 Å². The van der Waals surface area contributed by atoms with Crippen molar-refractivity contribution < 1.29 is 4.74 Å². The first kappa shape index (κ1) is 18.8. The molecule has 0 aliphatic heterocycles. The van der Waals surface area contributed by atoms with Crippen LogP contribution >= 0.6 is 27.5 Å². The Kier molecular flexibility index (Phi) is 6.23. The van der Waals surface area contributed by atoms with E-state index in [0.29, 0.717) is 13.2 Å². The molecule has 1 N–H and O–H groups in total. The van der Waals surface area contributed by atoms with E-state index in [4.69, 9.17) is 16.3 Å². The Morgan fingerprint density at radius 3 is 2.50 bits per heavy atom. The van der Waals surface area contributed by atoms with Crippen molar-refractivity contribution in [3.05, 3.63) is 92.4 Å². The Morgan fingerprint density at radius 1 is 0.962 bits per heavy atom. The summed E-state index contributed by atoms with van der Waals surface area (Å²) in [7, 11) is 0. The van der Waals surface area contributed by atoms with Crippen LogP contribution in [-0.4, -0.2) is 0 Å².